The van der Waals surface area contributed by atoms with Crippen LogP contribution in [0.25, 0.3) is 0 Å². The Morgan fingerprint density at radius 1 is 1.57 bits per heavy atom. The van der Waals surface area contributed by atoms with Crippen LogP contribution in [0.15, 0.2) is 5.16 Å². The summed E-state index contributed by atoms with van der Waals surface area (Å²) in [5.74, 6) is 0.109. The third-order valence-corrected chi connectivity index (χ3v) is 2.06. The van der Waals surface area contributed by atoms with Gasteiger partial charge < -0.3 is 16.3 Å². The minimum Gasteiger partial charge on any atom is -0.409 e. The van der Waals surface area contributed by atoms with Crippen LogP contribution in [-0.4, -0.2) is 23.0 Å². The lowest BCUT2D eigenvalue weighted by Gasteiger charge is -2.20. The van der Waals surface area contributed by atoms with Crippen molar-refractivity contribution in [2.45, 2.75) is 39.7 Å². The Morgan fingerprint density at radius 2 is 2.14 bits per heavy atom. The molecule has 4 N–H and O–H groups in total. The fourth-order valence-corrected chi connectivity index (χ4v) is 1.20. The van der Waals surface area contributed by atoms with E-state index in [2.05, 4.69) is 10.5 Å². The van der Waals surface area contributed by atoms with Gasteiger partial charge in [-0.1, -0.05) is 25.9 Å². The number of nitrogens with zero attached hydrogens (tertiary/aromatic N) is 1. The van der Waals surface area contributed by atoms with E-state index in [1.54, 1.807) is 0 Å². The molecule has 82 valence electrons. The third-order valence-electron chi connectivity index (χ3n) is 2.06. The van der Waals surface area contributed by atoms with E-state index in [4.69, 9.17) is 10.9 Å². The number of nitrogens with two attached hydrogens (primary N) is 1. The van der Waals surface area contributed by atoms with E-state index >= 15 is 0 Å². The quantitative estimate of drug-likeness (QED) is 0.264. The molecule has 0 aliphatic rings. The van der Waals surface area contributed by atoms with Crippen LogP contribution >= 0.6 is 0 Å². The summed E-state index contributed by atoms with van der Waals surface area (Å²) in [6.45, 7) is 6.09. The van der Waals surface area contributed by atoms with Crippen LogP contribution < -0.4 is 11.1 Å². The van der Waals surface area contributed by atoms with Crippen LogP contribution in [0.5, 0.6) is 0 Å². The van der Waals surface area contributed by atoms with Crippen molar-refractivity contribution in [2.75, 3.05) is 0 Å². The molecule has 5 heteroatoms. The Morgan fingerprint density at radius 3 is 2.50 bits per heavy atom. The number of oxime groups is 1. The van der Waals surface area contributed by atoms with Gasteiger partial charge in [-0.2, -0.15) is 0 Å². The van der Waals surface area contributed by atoms with Gasteiger partial charge in [0.25, 0.3) is 0 Å². The summed E-state index contributed by atoms with van der Waals surface area (Å²) in [5.41, 5.74) is 5.21. The molecule has 1 atom stereocenters. The second kappa shape index (κ2) is 6.23. The summed E-state index contributed by atoms with van der Waals surface area (Å²) in [4.78, 5) is 11.3. The molecule has 0 aromatic rings. The molecule has 0 heterocycles. The molecular weight excluding hydrogens is 182 g/mol. The molecule has 0 spiro atoms. The molecule has 5 nitrogen and oxygen atoms in total. The number of amidine groups is 1. The van der Waals surface area contributed by atoms with Gasteiger partial charge in [-0.15, -0.1) is 0 Å². The van der Waals surface area contributed by atoms with E-state index < -0.39 is 0 Å². The van der Waals surface area contributed by atoms with E-state index in [0.717, 1.165) is 6.42 Å². The average molecular weight is 201 g/mol. The van der Waals surface area contributed by atoms with E-state index in [9.17, 15) is 4.79 Å². The standard InChI is InChI=1S/C9H19N3O2/c1-4-7(6(2)3)11-9(13)5-8(10)12-14/h6-7,14H,4-5H2,1-3H3,(H2,10,12)(H,11,13). The Kier molecular flexibility index (Phi) is 5.67. The SMILES string of the molecule is CCC(NC(=O)CC(N)=NO)C(C)C. The maximum absolute atomic E-state index is 11.3. The van der Waals surface area contributed by atoms with Crippen molar-refractivity contribution in [3.8, 4) is 0 Å². The van der Waals surface area contributed by atoms with Gasteiger partial charge in [-0.05, 0) is 12.3 Å². The van der Waals surface area contributed by atoms with Crippen LogP contribution in [0.4, 0.5) is 0 Å². The fourth-order valence-electron chi connectivity index (χ4n) is 1.20. The summed E-state index contributed by atoms with van der Waals surface area (Å²) in [5, 5.41) is 13.8. The van der Waals surface area contributed by atoms with Crippen molar-refractivity contribution < 1.29 is 10.0 Å². The molecule has 14 heavy (non-hydrogen) atoms. The van der Waals surface area contributed by atoms with Gasteiger partial charge >= 0.3 is 0 Å². The van der Waals surface area contributed by atoms with Gasteiger partial charge in [0.2, 0.25) is 5.91 Å². The van der Waals surface area contributed by atoms with Gasteiger partial charge in [-0.3, -0.25) is 4.79 Å². The molecule has 0 aromatic heterocycles. The molecule has 0 aromatic carbocycles. The number of amides is 1. The first-order valence-electron chi connectivity index (χ1n) is 4.77. The minimum absolute atomic E-state index is 0.0558. The van der Waals surface area contributed by atoms with Crippen LogP contribution in [0.1, 0.15) is 33.6 Å². The lowest BCUT2D eigenvalue weighted by Crippen LogP contribution is -2.39. The largest absolute Gasteiger partial charge is 0.409 e. The lowest BCUT2D eigenvalue weighted by atomic mass is 10.0. The van der Waals surface area contributed by atoms with Crippen molar-refractivity contribution in [3.05, 3.63) is 0 Å². The third kappa shape index (κ3) is 4.69. The van der Waals surface area contributed by atoms with Crippen molar-refractivity contribution in [3.63, 3.8) is 0 Å². The fraction of sp³-hybridized carbons (Fsp3) is 0.778. The van der Waals surface area contributed by atoms with Gasteiger partial charge in [0.15, 0.2) is 0 Å². The highest BCUT2D eigenvalue weighted by atomic mass is 16.4. The highest BCUT2D eigenvalue weighted by Gasteiger charge is 2.14. The molecule has 0 bridgehead atoms. The highest BCUT2D eigenvalue weighted by Crippen LogP contribution is 2.05. The van der Waals surface area contributed by atoms with Crippen LogP contribution in [0, 0.1) is 5.92 Å². The Labute approximate surface area is 84.4 Å². The van der Waals surface area contributed by atoms with Crippen LogP contribution in [0.2, 0.25) is 0 Å². The summed E-state index contributed by atoms with van der Waals surface area (Å²) in [6.07, 6.45) is 0.819. The highest BCUT2D eigenvalue weighted by molar-refractivity contribution is 5.98. The summed E-state index contributed by atoms with van der Waals surface area (Å²) in [6, 6.07) is 0.147. The first-order valence-corrected chi connectivity index (χ1v) is 4.77. The number of carbonyl (C=O) groups is 1. The number of hydrogen-bond donors (Lipinski definition) is 3. The predicted molar refractivity (Wildman–Crippen MR) is 55.1 cm³/mol. The molecule has 1 unspecified atom stereocenters. The van der Waals surface area contributed by atoms with Crippen molar-refractivity contribution >= 4 is 11.7 Å². The van der Waals surface area contributed by atoms with E-state index in [1.165, 1.54) is 0 Å². The zero-order chi connectivity index (χ0) is 11.1. The van der Waals surface area contributed by atoms with Crippen LogP contribution in [-0.2, 0) is 4.79 Å². The second-order valence-electron chi connectivity index (χ2n) is 3.59. The van der Waals surface area contributed by atoms with Gasteiger partial charge in [0, 0.05) is 6.04 Å². The van der Waals surface area contributed by atoms with E-state index in [1.807, 2.05) is 20.8 Å². The Bertz CT molecular complexity index is 214. The molecule has 0 rings (SSSR count). The second-order valence-corrected chi connectivity index (χ2v) is 3.59. The molecule has 0 saturated heterocycles. The number of hydrogen-bond acceptors (Lipinski definition) is 3. The molecule has 0 aliphatic carbocycles. The molecule has 0 fully saturated rings. The van der Waals surface area contributed by atoms with Gasteiger partial charge in [0.1, 0.15) is 5.84 Å². The van der Waals surface area contributed by atoms with E-state index in [0.29, 0.717) is 5.92 Å². The first kappa shape index (κ1) is 12.7. The molecule has 1 amide bonds. The molecular formula is C9H19N3O2. The molecule has 0 aliphatic heterocycles. The van der Waals surface area contributed by atoms with Gasteiger partial charge in [-0.25, -0.2) is 0 Å². The lowest BCUT2D eigenvalue weighted by molar-refractivity contribution is -0.121. The summed E-state index contributed by atoms with van der Waals surface area (Å²) >= 11 is 0. The summed E-state index contributed by atoms with van der Waals surface area (Å²) in [7, 11) is 0. The zero-order valence-corrected chi connectivity index (χ0v) is 8.95. The normalized spacial score (nSPS) is 14.1. The van der Waals surface area contributed by atoms with Gasteiger partial charge in [0.05, 0.1) is 6.42 Å². The van der Waals surface area contributed by atoms with Crippen LogP contribution in [0.3, 0.4) is 0 Å². The van der Waals surface area contributed by atoms with E-state index in [-0.39, 0.29) is 24.2 Å². The Balaban J connectivity index is 4.04. The Hall–Kier alpha value is -1.26. The number of rotatable bonds is 5. The number of nitrogens with one attached hydrogen (secondary N) is 1. The maximum atomic E-state index is 11.3. The van der Waals surface area contributed by atoms with Crippen molar-refractivity contribution in [1.29, 1.82) is 0 Å². The smallest absolute Gasteiger partial charge is 0.227 e. The predicted octanol–water partition coefficient (Wildman–Crippen LogP) is 0.674. The maximum Gasteiger partial charge on any atom is 0.227 e. The van der Waals surface area contributed by atoms with Crippen molar-refractivity contribution in [2.24, 2.45) is 16.8 Å². The first-order chi connectivity index (χ1) is 6.51. The minimum atomic E-state index is -0.208. The zero-order valence-electron chi connectivity index (χ0n) is 8.95. The summed E-state index contributed by atoms with van der Waals surface area (Å²) < 4.78 is 0. The van der Waals surface area contributed by atoms with Crippen molar-refractivity contribution in [1.82, 2.24) is 5.32 Å². The molecule has 0 radical (unpaired) electrons. The monoisotopic (exact) mass is 201 g/mol. The topological polar surface area (TPSA) is 87.7 Å². The molecule has 0 saturated carbocycles. The average Bonchev–Trinajstić information content (AvgIpc) is 2.13. The number of carbonyl (C=O) groups excluding carboxylic acids is 1.